The van der Waals surface area contributed by atoms with E-state index in [1.54, 1.807) is 12.1 Å². The molecule has 1 amide bonds. The molecule has 1 N–H and O–H groups in total. The summed E-state index contributed by atoms with van der Waals surface area (Å²) < 4.78 is 18.3. The number of ether oxygens (including phenoxy) is 3. The molecule has 0 saturated carbocycles. The predicted octanol–water partition coefficient (Wildman–Crippen LogP) is 4.13. The van der Waals surface area contributed by atoms with Crippen molar-refractivity contribution in [1.29, 1.82) is 0 Å². The lowest BCUT2D eigenvalue weighted by molar-refractivity contribution is -0.155. The fourth-order valence-electron chi connectivity index (χ4n) is 5.30. The van der Waals surface area contributed by atoms with Crippen LogP contribution in [-0.4, -0.2) is 65.6 Å². The van der Waals surface area contributed by atoms with E-state index in [2.05, 4.69) is 6.92 Å². The average Bonchev–Trinajstić information content (AvgIpc) is 3.35. The van der Waals surface area contributed by atoms with Gasteiger partial charge in [0, 0.05) is 18.1 Å². The van der Waals surface area contributed by atoms with E-state index in [4.69, 9.17) is 25.8 Å². The summed E-state index contributed by atoms with van der Waals surface area (Å²) >= 11 is 6.05. The van der Waals surface area contributed by atoms with Gasteiger partial charge >= 0.3 is 0 Å². The van der Waals surface area contributed by atoms with Crippen molar-refractivity contribution in [2.75, 3.05) is 26.3 Å². The number of carbonyl (C=O) groups is 1. The summed E-state index contributed by atoms with van der Waals surface area (Å²) in [5, 5.41) is 11.0. The average molecular weight is 466 g/mol. The molecule has 3 saturated heterocycles. The van der Waals surface area contributed by atoms with E-state index in [0.29, 0.717) is 17.4 Å². The van der Waals surface area contributed by atoms with Crippen LogP contribution in [-0.2, 0) is 14.3 Å². The Kier molecular flexibility index (Phi) is 6.54. The molecule has 178 valence electrons. The molecule has 1 aromatic rings. The zero-order valence-electron chi connectivity index (χ0n) is 19.7. The lowest BCUT2D eigenvalue weighted by Crippen LogP contribution is -2.46. The Morgan fingerprint density at radius 3 is 2.66 bits per heavy atom. The maximum absolute atomic E-state index is 12.7. The zero-order chi connectivity index (χ0) is 23.1. The van der Waals surface area contributed by atoms with Crippen molar-refractivity contribution in [1.82, 2.24) is 4.90 Å². The normalized spacial score (nSPS) is 30.1. The van der Waals surface area contributed by atoms with Crippen molar-refractivity contribution in [3.05, 3.63) is 28.8 Å². The molecule has 0 unspecified atom stereocenters. The fraction of sp³-hybridized carbons (Fsp3) is 0.720. The number of piperidine rings is 1. The third-order valence-electron chi connectivity index (χ3n) is 7.66. The van der Waals surface area contributed by atoms with Gasteiger partial charge < -0.3 is 24.2 Å². The summed E-state index contributed by atoms with van der Waals surface area (Å²) in [5.41, 5.74) is -0.159. The van der Waals surface area contributed by atoms with E-state index in [0.717, 1.165) is 50.8 Å². The molecule has 4 rings (SSSR count). The molecule has 3 heterocycles. The number of halogens is 1. The van der Waals surface area contributed by atoms with Crippen LogP contribution in [0.5, 0.6) is 5.75 Å². The number of rotatable bonds is 5. The molecule has 7 heteroatoms. The highest BCUT2D eigenvalue weighted by Crippen LogP contribution is 2.49. The Balaban J connectivity index is 1.27. The highest BCUT2D eigenvalue weighted by atomic mass is 35.5. The van der Waals surface area contributed by atoms with Gasteiger partial charge in [0.15, 0.2) is 6.61 Å². The molecule has 6 nitrogen and oxygen atoms in total. The van der Waals surface area contributed by atoms with Crippen LogP contribution in [0.3, 0.4) is 0 Å². The minimum atomic E-state index is -0.841. The van der Waals surface area contributed by atoms with Gasteiger partial charge in [-0.1, -0.05) is 11.6 Å². The second kappa shape index (κ2) is 8.79. The van der Waals surface area contributed by atoms with Crippen LogP contribution in [0, 0.1) is 12.3 Å². The summed E-state index contributed by atoms with van der Waals surface area (Å²) in [6.07, 6.45) is 4.44. The van der Waals surface area contributed by atoms with Gasteiger partial charge in [-0.2, -0.15) is 0 Å². The van der Waals surface area contributed by atoms with Gasteiger partial charge in [0.1, 0.15) is 5.75 Å². The molecule has 3 aliphatic heterocycles. The van der Waals surface area contributed by atoms with Gasteiger partial charge in [0.2, 0.25) is 0 Å². The molecule has 1 aromatic carbocycles. The van der Waals surface area contributed by atoms with Crippen molar-refractivity contribution in [2.45, 2.75) is 83.2 Å². The quantitative estimate of drug-likeness (QED) is 0.708. The number of amides is 1. The van der Waals surface area contributed by atoms with Crippen LogP contribution in [0.2, 0.25) is 5.02 Å². The van der Waals surface area contributed by atoms with Crippen LogP contribution >= 0.6 is 11.6 Å². The topological polar surface area (TPSA) is 68.2 Å². The Morgan fingerprint density at radius 1 is 1.31 bits per heavy atom. The largest absolute Gasteiger partial charge is 0.484 e. The molecule has 3 fully saturated rings. The molecule has 32 heavy (non-hydrogen) atoms. The molecule has 0 bridgehead atoms. The summed E-state index contributed by atoms with van der Waals surface area (Å²) in [5.74, 6) is 0.678. The third kappa shape index (κ3) is 4.93. The number of carbonyl (C=O) groups excluding carboxylic acids is 1. The molecule has 1 spiro atoms. The zero-order valence-corrected chi connectivity index (χ0v) is 20.4. The number of likely N-dealkylation sites (tertiary alicyclic amines) is 1. The first-order valence-corrected chi connectivity index (χ1v) is 12.1. The van der Waals surface area contributed by atoms with Crippen molar-refractivity contribution in [3.8, 4) is 5.75 Å². The van der Waals surface area contributed by atoms with Crippen molar-refractivity contribution in [2.24, 2.45) is 5.41 Å². The van der Waals surface area contributed by atoms with Crippen molar-refractivity contribution in [3.63, 3.8) is 0 Å². The summed E-state index contributed by atoms with van der Waals surface area (Å²) in [6.45, 7) is 9.86. The predicted molar refractivity (Wildman–Crippen MR) is 123 cm³/mol. The Labute approximate surface area is 196 Å². The molecule has 0 radical (unpaired) electrons. The first-order valence-electron chi connectivity index (χ1n) is 11.7. The first-order chi connectivity index (χ1) is 15.0. The molecular weight excluding hydrogens is 430 g/mol. The Morgan fingerprint density at radius 2 is 2.03 bits per heavy atom. The lowest BCUT2D eigenvalue weighted by Gasteiger charge is -2.39. The van der Waals surface area contributed by atoms with E-state index < -0.39 is 5.60 Å². The maximum atomic E-state index is 12.7. The maximum Gasteiger partial charge on any atom is 0.260 e. The number of aryl methyl sites for hydroxylation is 1. The van der Waals surface area contributed by atoms with E-state index in [-0.39, 0.29) is 35.7 Å². The number of hydrogen-bond acceptors (Lipinski definition) is 5. The van der Waals surface area contributed by atoms with Crippen LogP contribution in [0.1, 0.15) is 58.4 Å². The van der Waals surface area contributed by atoms with Gasteiger partial charge in [-0.3, -0.25) is 4.79 Å². The van der Waals surface area contributed by atoms with Gasteiger partial charge in [-0.15, -0.1) is 0 Å². The van der Waals surface area contributed by atoms with Gasteiger partial charge in [-0.05, 0) is 89.0 Å². The molecule has 0 aromatic heterocycles. The molecule has 3 aliphatic rings. The van der Waals surface area contributed by atoms with Gasteiger partial charge in [0.25, 0.3) is 5.91 Å². The minimum absolute atomic E-state index is 0.0158. The minimum Gasteiger partial charge on any atom is -0.484 e. The van der Waals surface area contributed by atoms with E-state index >= 15 is 0 Å². The summed E-state index contributed by atoms with van der Waals surface area (Å²) in [6, 6.07) is 5.43. The van der Waals surface area contributed by atoms with Gasteiger partial charge in [0.05, 0.1) is 30.0 Å². The van der Waals surface area contributed by atoms with E-state index in [1.807, 2.05) is 31.7 Å². The smallest absolute Gasteiger partial charge is 0.260 e. The number of nitrogens with zero attached hydrogens (tertiary/aromatic N) is 1. The van der Waals surface area contributed by atoms with Crippen molar-refractivity contribution < 1.29 is 24.1 Å². The highest BCUT2D eigenvalue weighted by Gasteiger charge is 2.53. The molecular formula is C25H36ClNO5. The number of aliphatic hydroxyl groups is 1. The Bertz CT molecular complexity index is 845. The lowest BCUT2D eigenvalue weighted by atomic mass is 9.74. The Hall–Kier alpha value is -1.34. The number of benzene rings is 1. The summed E-state index contributed by atoms with van der Waals surface area (Å²) in [7, 11) is 0. The highest BCUT2D eigenvalue weighted by molar-refractivity contribution is 6.31. The van der Waals surface area contributed by atoms with E-state index in [9.17, 15) is 9.90 Å². The summed E-state index contributed by atoms with van der Waals surface area (Å²) in [4.78, 5) is 14.6. The standard InChI is InChI=1S/C25H36ClNO5/c1-17-13-18(5-6-19(17)26)30-15-22(28)27-11-9-25(10-12-27)14-21(31-16-25)24(4)8-7-20(32-24)23(2,3)29/h5-6,13,20-21,29H,7-12,14-16H2,1-4H3/t20-,21-,24+/m0/s1. The van der Waals surface area contributed by atoms with Crippen LogP contribution in [0.15, 0.2) is 18.2 Å². The third-order valence-corrected chi connectivity index (χ3v) is 8.09. The van der Waals surface area contributed by atoms with Crippen LogP contribution < -0.4 is 4.74 Å². The second-order valence-electron chi connectivity index (χ2n) is 10.7. The molecule has 3 atom stereocenters. The first kappa shape index (κ1) is 23.8. The van der Waals surface area contributed by atoms with Crippen LogP contribution in [0.25, 0.3) is 0 Å². The van der Waals surface area contributed by atoms with E-state index in [1.165, 1.54) is 0 Å². The van der Waals surface area contributed by atoms with Crippen molar-refractivity contribution >= 4 is 17.5 Å². The monoisotopic (exact) mass is 465 g/mol. The van der Waals surface area contributed by atoms with Crippen LogP contribution in [0.4, 0.5) is 0 Å². The SMILES string of the molecule is Cc1cc(OCC(=O)N2CCC3(CC2)CO[C@H]([C@@]2(C)CC[C@@H](C(C)(C)O)O2)C3)ccc1Cl. The fourth-order valence-corrected chi connectivity index (χ4v) is 5.42. The van der Waals surface area contributed by atoms with Gasteiger partial charge in [-0.25, -0.2) is 0 Å². The second-order valence-corrected chi connectivity index (χ2v) is 11.1. The number of hydrogen-bond donors (Lipinski definition) is 1. The molecule has 0 aliphatic carbocycles.